The van der Waals surface area contributed by atoms with Gasteiger partial charge in [0.2, 0.25) is 5.95 Å². The molecule has 8 nitrogen and oxygen atoms in total. The minimum Gasteiger partial charge on any atom is -0.337 e. The molecule has 0 radical (unpaired) electrons. The molecule has 9 heteroatoms. The number of anilines is 1. The molecule has 2 aromatic heterocycles. The summed E-state index contributed by atoms with van der Waals surface area (Å²) >= 11 is 0. The first-order valence-corrected chi connectivity index (χ1v) is 12.6. The van der Waals surface area contributed by atoms with Crippen molar-refractivity contribution in [2.75, 3.05) is 31.1 Å². The number of sulfone groups is 1. The highest BCUT2D eigenvalue weighted by Gasteiger charge is 2.24. The number of benzene rings is 2. The van der Waals surface area contributed by atoms with Crippen LogP contribution in [0, 0.1) is 0 Å². The summed E-state index contributed by atoms with van der Waals surface area (Å²) in [7, 11) is -3.60. The van der Waals surface area contributed by atoms with Gasteiger partial charge in [0, 0.05) is 55.7 Å². The number of hydrogen-bond acceptors (Lipinski definition) is 7. The quantitative estimate of drug-likeness (QED) is 0.440. The van der Waals surface area contributed by atoms with Crippen molar-refractivity contribution in [2.24, 2.45) is 0 Å². The predicted octanol–water partition coefficient (Wildman–Crippen LogP) is 2.96. The molecule has 5 rings (SSSR count). The monoisotopic (exact) mass is 473 g/mol. The lowest BCUT2D eigenvalue weighted by atomic mass is 10.1. The van der Waals surface area contributed by atoms with Gasteiger partial charge in [-0.2, -0.15) is 0 Å². The lowest BCUT2D eigenvalue weighted by Gasteiger charge is -2.34. The average Bonchev–Trinajstić information content (AvgIpc) is 2.89. The van der Waals surface area contributed by atoms with E-state index in [9.17, 15) is 13.2 Å². The fourth-order valence-electron chi connectivity index (χ4n) is 4.11. The van der Waals surface area contributed by atoms with Crippen molar-refractivity contribution < 1.29 is 13.2 Å². The summed E-state index contributed by atoms with van der Waals surface area (Å²) in [5, 5.41) is 0.781. The highest BCUT2D eigenvalue weighted by atomic mass is 32.2. The van der Waals surface area contributed by atoms with Gasteiger partial charge in [0.15, 0.2) is 9.84 Å². The Labute approximate surface area is 197 Å². The second-order valence-electron chi connectivity index (χ2n) is 8.12. The molecule has 4 aromatic rings. The Morgan fingerprint density at radius 2 is 1.47 bits per heavy atom. The lowest BCUT2D eigenvalue weighted by Crippen LogP contribution is -2.49. The largest absolute Gasteiger partial charge is 0.337 e. The Morgan fingerprint density at radius 3 is 2.21 bits per heavy atom. The molecular formula is C25H23N5O3S. The molecule has 1 saturated heterocycles. The zero-order valence-electron chi connectivity index (χ0n) is 18.4. The molecule has 0 unspecified atom stereocenters. The van der Waals surface area contributed by atoms with E-state index in [0.29, 0.717) is 48.8 Å². The summed E-state index contributed by atoms with van der Waals surface area (Å²) in [6.07, 6.45) is 5.01. The molecule has 34 heavy (non-hydrogen) atoms. The molecule has 2 aromatic carbocycles. The number of amides is 1. The Kier molecular flexibility index (Phi) is 5.93. The number of piperazine rings is 1. The van der Waals surface area contributed by atoms with Crippen LogP contribution in [-0.4, -0.2) is 60.4 Å². The van der Waals surface area contributed by atoms with Gasteiger partial charge in [0.05, 0.1) is 16.2 Å². The number of fused-ring (bicyclic) bond motifs is 1. The molecule has 0 spiro atoms. The molecule has 0 aliphatic carbocycles. The van der Waals surface area contributed by atoms with Crippen molar-refractivity contribution >= 4 is 32.6 Å². The Morgan fingerprint density at radius 1 is 0.794 bits per heavy atom. The molecule has 0 bridgehead atoms. The highest BCUT2D eigenvalue weighted by Crippen LogP contribution is 2.24. The summed E-state index contributed by atoms with van der Waals surface area (Å²) in [5.41, 5.74) is 1.63. The predicted molar refractivity (Wildman–Crippen MR) is 129 cm³/mol. The van der Waals surface area contributed by atoms with Gasteiger partial charge >= 0.3 is 0 Å². The maximum atomic E-state index is 13.1. The third-order valence-corrected chi connectivity index (χ3v) is 7.60. The standard InChI is InChI=1S/C25H23N5O3S/c31-24(29-14-16-30(17-15-29)25-27-12-3-13-28-25)21-9-7-19(8-10-21)18-34(32,33)22-6-1-4-20-5-2-11-26-23(20)22/h1-13H,14-18H2. The van der Waals surface area contributed by atoms with Crippen molar-refractivity contribution in [1.82, 2.24) is 19.9 Å². The summed E-state index contributed by atoms with van der Waals surface area (Å²) in [5.74, 6) is 0.440. The minimum absolute atomic E-state index is 0.0682. The zero-order chi connectivity index (χ0) is 23.5. The Balaban J connectivity index is 1.26. The van der Waals surface area contributed by atoms with Gasteiger partial charge in [-0.1, -0.05) is 30.3 Å². The number of para-hydroxylation sites is 1. The van der Waals surface area contributed by atoms with Gasteiger partial charge in [-0.25, -0.2) is 18.4 Å². The van der Waals surface area contributed by atoms with E-state index in [1.54, 1.807) is 72.0 Å². The van der Waals surface area contributed by atoms with E-state index in [4.69, 9.17) is 0 Å². The summed E-state index contributed by atoms with van der Waals surface area (Å²) in [6, 6.07) is 17.4. The number of hydrogen-bond donors (Lipinski definition) is 0. The smallest absolute Gasteiger partial charge is 0.253 e. The fourth-order valence-corrected chi connectivity index (χ4v) is 5.65. The molecule has 0 atom stereocenters. The topological polar surface area (TPSA) is 96.4 Å². The zero-order valence-corrected chi connectivity index (χ0v) is 19.2. The molecular weight excluding hydrogens is 450 g/mol. The van der Waals surface area contributed by atoms with Crippen LogP contribution < -0.4 is 4.90 Å². The number of pyridine rings is 1. The van der Waals surface area contributed by atoms with Crippen molar-refractivity contribution in [3.63, 3.8) is 0 Å². The summed E-state index contributed by atoms with van der Waals surface area (Å²) < 4.78 is 26.2. The highest BCUT2D eigenvalue weighted by molar-refractivity contribution is 7.90. The van der Waals surface area contributed by atoms with Crippen LogP contribution in [0.3, 0.4) is 0 Å². The van der Waals surface area contributed by atoms with Gasteiger partial charge in [0.1, 0.15) is 0 Å². The van der Waals surface area contributed by atoms with E-state index in [0.717, 1.165) is 5.39 Å². The van der Waals surface area contributed by atoms with Crippen LogP contribution in [0.15, 0.2) is 84.1 Å². The number of rotatable bonds is 5. The van der Waals surface area contributed by atoms with E-state index >= 15 is 0 Å². The van der Waals surface area contributed by atoms with Crippen molar-refractivity contribution in [3.8, 4) is 0 Å². The van der Waals surface area contributed by atoms with Crippen molar-refractivity contribution in [1.29, 1.82) is 0 Å². The Hall–Kier alpha value is -3.85. The summed E-state index contributed by atoms with van der Waals surface area (Å²) in [6.45, 7) is 2.46. The van der Waals surface area contributed by atoms with E-state index in [-0.39, 0.29) is 16.6 Å². The first-order valence-electron chi connectivity index (χ1n) is 11.0. The molecule has 1 aliphatic heterocycles. The fraction of sp³-hybridized carbons (Fsp3) is 0.200. The normalized spacial score (nSPS) is 14.4. The molecule has 1 aliphatic rings. The van der Waals surface area contributed by atoms with Crippen molar-refractivity contribution in [3.05, 3.63) is 90.4 Å². The summed E-state index contributed by atoms with van der Waals surface area (Å²) in [4.78, 5) is 29.8. The van der Waals surface area contributed by atoms with E-state index in [1.165, 1.54) is 0 Å². The van der Waals surface area contributed by atoms with Crippen LogP contribution in [0.5, 0.6) is 0 Å². The van der Waals surface area contributed by atoms with E-state index in [2.05, 4.69) is 19.9 Å². The number of carbonyl (C=O) groups excluding carboxylic acids is 1. The van der Waals surface area contributed by atoms with Crippen LogP contribution in [0.25, 0.3) is 10.9 Å². The Bertz CT molecular complexity index is 1410. The molecule has 0 saturated carbocycles. The van der Waals surface area contributed by atoms with Crippen LogP contribution >= 0.6 is 0 Å². The lowest BCUT2D eigenvalue weighted by molar-refractivity contribution is 0.0746. The first-order chi connectivity index (χ1) is 16.5. The molecule has 1 amide bonds. The maximum Gasteiger partial charge on any atom is 0.253 e. The van der Waals surface area contributed by atoms with E-state index in [1.807, 2.05) is 12.1 Å². The van der Waals surface area contributed by atoms with Crippen LogP contribution in [0.1, 0.15) is 15.9 Å². The van der Waals surface area contributed by atoms with Gasteiger partial charge in [0.25, 0.3) is 5.91 Å². The molecule has 3 heterocycles. The van der Waals surface area contributed by atoms with Crippen LogP contribution in [0.4, 0.5) is 5.95 Å². The number of aromatic nitrogens is 3. The maximum absolute atomic E-state index is 13.1. The second-order valence-corrected chi connectivity index (χ2v) is 10.1. The third kappa shape index (κ3) is 4.47. The third-order valence-electron chi connectivity index (χ3n) is 5.89. The molecule has 172 valence electrons. The number of carbonyl (C=O) groups is 1. The van der Waals surface area contributed by atoms with Crippen LogP contribution in [0.2, 0.25) is 0 Å². The van der Waals surface area contributed by atoms with Gasteiger partial charge in [-0.05, 0) is 35.9 Å². The van der Waals surface area contributed by atoms with Gasteiger partial charge in [-0.15, -0.1) is 0 Å². The molecule has 0 N–H and O–H groups in total. The average molecular weight is 474 g/mol. The first kappa shape index (κ1) is 22.0. The van der Waals surface area contributed by atoms with Crippen molar-refractivity contribution in [2.45, 2.75) is 10.6 Å². The minimum atomic E-state index is -3.60. The van der Waals surface area contributed by atoms with Gasteiger partial charge < -0.3 is 9.80 Å². The van der Waals surface area contributed by atoms with Gasteiger partial charge in [-0.3, -0.25) is 9.78 Å². The number of nitrogens with zero attached hydrogens (tertiary/aromatic N) is 5. The molecule has 1 fully saturated rings. The SMILES string of the molecule is O=C(c1ccc(CS(=O)(=O)c2cccc3cccnc23)cc1)N1CCN(c2ncccn2)CC1. The van der Waals surface area contributed by atoms with Crippen LogP contribution in [-0.2, 0) is 15.6 Å². The van der Waals surface area contributed by atoms with E-state index < -0.39 is 9.84 Å². The second kappa shape index (κ2) is 9.18.